The summed E-state index contributed by atoms with van der Waals surface area (Å²) in [6, 6.07) is 17.4. The van der Waals surface area contributed by atoms with E-state index in [-0.39, 0.29) is 6.79 Å². The fraction of sp³-hybridized carbons (Fsp3) is 0.0588. The number of rotatable bonds is 4. The van der Waals surface area contributed by atoms with Crippen LogP contribution < -0.4 is 20.1 Å². The van der Waals surface area contributed by atoms with Gasteiger partial charge in [0.05, 0.1) is 0 Å². The summed E-state index contributed by atoms with van der Waals surface area (Å²) in [5, 5.41) is 6.47. The Kier molecular flexibility index (Phi) is 3.40. The minimum Gasteiger partial charge on any atom is -0.454 e. The lowest BCUT2D eigenvalue weighted by atomic mass is 10.3. The summed E-state index contributed by atoms with van der Waals surface area (Å²) in [6.07, 6.45) is 1.51. The third kappa shape index (κ3) is 3.01. The molecule has 2 aromatic carbocycles. The minimum atomic E-state index is 0.261. The first kappa shape index (κ1) is 13.4. The predicted molar refractivity (Wildman–Crippen MR) is 87.6 cm³/mol. The molecule has 1 aliphatic heterocycles. The third-order valence-electron chi connectivity index (χ3n) is 3.36. The van der Waals surface area contributed by atoms with Crippen LogP contribution in [0.25, 0.3) is 0 Å². The Morgan fingerprint density at radius 3 is 2.30 bits per heavy atom. The Hall–Kier alpha value is -3.28. The van der Waals surface area contributed by atoms with Crippen molar-refractivity contribution in [2.75, 3.05) is 17.4 Å². The van der Waals surface area contributed by atoms with Gasteiger partial charge in [0.15, 0.2) is 11.5 Å². The Balaban J connectivity index is 1.52. The van der Waals surface area contributed by atoms with Gasteiger partial charge in [-0.15, -0.1) is 0 Å². The molecular weight excluding hydrogens is 292 g/mol. The van der Waals surface area contributed by atoms with Gasteiger partial charge in [-0.2, -0.15) is 0 Å². The fourth-order valence-corrected chi connectivity index (χ4v) is 2.29. The number of nitrogens with zero attached hydrogens (tertiary/aromatic N) is 2. The van der Waals surface area contributed by atoms with Crippen LogP contribution in [0.5, 0.6) is 11.5 Å². The lowest BCUT2D eigenvalue weighted by molar-refractivity contribution is 0.174. The Morgan fingerprint density at radius 2 is 1.48 bits per heavy atom. The van der Waals surface area contributed by atoms with Gasteiger partial charge >= 0.3 is 0 Å². The van der Waals surface area contributed by atoms with Gasteiger partial charge < -0.3 is 20.1 Å². The summed E-state index contributed by atoms with van der Waals surface area (Å²) in [5.41, 5.74) is 1.85. The van der Waals surface area contributed by atoms with E-state index in [1.165, 1.54) is 6.33 Å². The van der Waals surface area contributed by atoms with Crippen LogP contribution in [-0.4, -0.2) is 16.8 Å². The molecule has 0 bridgehead atoms. The largest absolute Gasteiger partial charge is 0.454 e. The number of hydrogen-bond acceptors (Lipinski definition) is 6. The van der Waals surface area contributed by atoms with E-state index in [0.29, 0.717) is 5.82 Å². The minimum absolute atomic E-state index is 0.261. The summed E-state index contributed by atoms with van der Waals surface area (Å²) in [4.78, 5) is 8.46. The average molecular weight is 306 g/mol. The number of anilines is 4. The molecule has 1 aliphatic rings. The molecule has 3 aromatic rings. The topological polar surface area (TPSA) is 68.3 Å². The number of fused-ring (bicyclic) bond motifs is 1. The van der Waals surface area contributed by atoms with E-state index in [1.807, 2.05) is 54.6 Å². The quantitative estimate of drug-likeness (QED) is 0.766. The van der Waals surface area contributed by atoms with E-state index in [0.717, 1.165) is 28.7 Å². The molecule has 23 heavy (non-hydrogen) atoms. The molecule has 0 amide bonds. The molecule has 114 valence electrons. The Morgan fingerprint density at radius 1 is 0.739 bits per heavy atom. The molecule has 0 atom stereocenters. The number of hydrogen-bond donors (Lipinski definition) is 2. The van der Waals surface area contributed by atoms with Gasteiger partial charge in [0.25, 0.3) is 0 Å². The summed E-state index contributed by atoms with van der Waals surface area (Å²) < 4.78 is 10.7. The van der Waals surface area contributed by atoms with E-state index < -0.39 is 0 Å². The highest BCUT2D eigenvalue weighted by atomic mass is 16.7. The fourth-order valence-electron chi connectivity index (χ4n) is 2.29. The zero-order valence-corrected chi connectivity index (χ0v) is 12.2. The molecule has 6 nitrogen and oxygen atoms in total. The van der Waals surface area contributed by atoms with Crippen molar-refractivity contribution in [3.63, 3.8) is 0 Å². The lowest BCUT2D eigenvalue weighted by Crippen LogP contribution is -1.98. The van der Waals surface area contributed by atoms with E-state index in [4.69, 9.17) is 9.47 Å². The van der Waals surface area contributed by atoms with E-state index in [1.54, 1.807) is 0 Å². The molecule has 0 fully saturated rings. The second kappa shape index (κ2) is 5.84. The molecule has 6 heteroatoms. The average Bonchev–Trinajstić information content (AvgIpc) is 3.04. The molecular formula is C17H14N4O2. The summed E-state index contributed by atoms with van der Waals surface area (Å²) in [7, 11) is 0. The first-order valence-corrected chi connectivity index (χ1v) is 7.18. The van der Waals surface area contributed by atoms with Gasteiger partial charge in [0.1, 0.15) is 18.0 Å². The molecule has 0 radical (unpaired) electrons. The third-order valence-corrected chi connectivity index (χ3v) is 3.36. The number of benzene rings is 2. The summed E-state index contributed by atoms with van der Waals surface area (Å²) >= 11 is 0. The van der Waals surface area contributed by atoms with E-state index in [9.17, 15) is 0 Å². The number of ether oxygens (including phenoxy) is 2. The maximum Gasteiger partial charge on any atom is 0.231 e. The molecule has 2 N–H and O–H groups in total. The molecule has 0 aliphatic carbocycles. The van der Waals surface area contributed by atoms with Crippen molar-refractivity contribution >= 4 is 23.0 Å². The van der Waals surface area contributed by atoms with Crippen molar-refractivity contribution in [1.82, 2.24) is 9.97 Å². The van der Waals surface area contributed by atoms with Crippen LogP contribution in [0, 0.1) is 0 Å². The maximum atomic E-state index is 5.37. The molecule has 1 aromatic heterocycles. The number of nitrogens with one attached hydrogen (secondary N) is 2. The molecule has 0 saturated heterocycles. The van der Waals surface area contributed by atoms with Gasteiger partial charge in [-0.3, -0.25) is 0 Å². The number of aromatic nitrogens is 2. The monoisotopic (exact) mass is 306 g/mol. The second-order valence-corrected chi connectivity index (χ2v) is 4.97. The molecule has 4 rings (SSSR count). The summed E-state index contributed by atoms with van der Waals surface area (Å²) in [5.74, 6) is 2.89. The van der Waals surface area contributed by atoms with Crippen LogP contribution in [-0.2, 0) is 0 Å². The molecule has 0 saturated carbocycles. The van der Waals surface area contributed by atoms with Gasteiger partial charge in [-0.05, 0) is 24.3 Å². The van der Waals surface area contributed by atoms with Gasteiger partial charge in [0, 0.05) is 23.5 Å². The van der Waals surface area contributed by atoms with Gasteiger partial charge in [0.2, 0.25) is 6.79 Å². The molecule has 0 spiro atoms. The molecule has 0 unspecified atom stereocenters. The van der Waals surface area contributed by atoms with Crippen molar-refractivity contribution in [2.24, 2.45) is 0 Å². The second-order valence-electron chi connectivity index (χ2n) is 4.97. The zero-order chi connectivity index (χ0) is 15.5. The number of para-hydroxylation sites is 1. The zero-order valence-electron chi connectivity index (χ0n) is 12.2. The van der Waals surface area contributed by atoms with Crippen LogP contribution in [0.1, 0.15) is 0 Å². The molecule has 2 heterocycles. The highest BCUT2D eigenvalue weighted by Crippen LogP contribution is 2.35. The van der Waals surface area contributed by atoms with Crippen LogP contribution in [0.15, 0.2) is 60.9 Å². The highest BCUT2D eigenvalue weighted by Gasteiger charge is 2.13. The highest BCUT2D eigenvalue weighted by molar-refractivity contribution is 5.65. The SMILES string of the molecule is c1ccc(Nc2cc(Nc3ccc4c(c3)OCO4)ncn2)cc1. The lowest BCUT2D eigenvalue weighted by Gasteiger charge is -2.09. The standard InChI is InChI=1S/C17H14N4O2/c1-2-4-12(5-3-1)20-16-9-17(19-10-18-16)21-13-6-7-14-15(8-13)23-11-22-14/h1-10H,11H2,(H2,18,19,20,21). The van der Waals surface area contributed by atoms with E-state index in [2.05, 4.69) is 20.6 Å². The predicted octanol–water partition coefficient (Wildman–Crippen LogP) is 3.69. The van der Waals surface area contributed by atoms with Crippen molar-refractivity contribution in [3.8, 4) is 11.5 Å². The van der Waals surface area contributed by atoms with Crippen LogP contribution >= 0.6 is 0 Å². The van der Waals surface area contributed by atoms with Crippen molar-refractivity contribution in [1.29, 1.82) is 0 Å². The normalized spacial score (nSPS) is 12.0. The van der Waals surface area contributed by atoms with Gasteiger partial charge in [-0.25, -0.2) is 9.97 Å². The van der Waals surface area contributed by atoms with Crippen LogP contribution in [0.4, 0.5) is 23.0 Å². The van der Waals surface area contributed by atoms with Crippen molar-refractivity contribution in [2.45, 2.75) is 0 Å². The smallest absolute Gasteiger partial charge is 0.231 e. The summed E-state index contributed by atoms with van der Waals surface area (Å²) in [6.45, 7) is 0.261. The van der Waals surface area contributed by atoms with E-state index >= 15 is 0 Å². The Bertz CT molecular complexity index is 824. The van der Waals surface area contributed by atoms with Gasteiger partial charge in [-0.1, -0.05) is 18.2 Å². The maximum absolute atomic E-state index is 5.37. The Labute approximate surface area is 133 Å². The van der Waals surface area contributed by atoms with Crippen molar-refractivity contribution in [3.05, 3.63) is 60.9 Å². The van der Waals surface area contributed by atoms with Crippen molar-refractivity contribution < 1.29 is 9.47 Å². The first-order valence-electron chi connectivity index (χ1n) is 7.18. The first-order chi connectivity index (χ1) is 11.4. The van der Waals surface area contributed by atoms with Crippen LogP contribution in [0.2, 0.25) is 0 Å². The van der Waals surface area contributed by atoms with Crippen LogP contribution in [0.3, 0.4) is 0 Å².